The zero-order valence-corrected chi connectivity index (χ0v) is 17.0. The molecule has 0 saturated carbocycles. The predicted molar refractivity (Wildman–Crippen MR) is 100 cm³/mol. The minimum atomic E-state index is -1.03. The SMILES string of the molecule is CCCCCNC(=O)C1N(CCO)C(=O)[C@@H]2[C@H](C(=O)OCC)[C@]3(C)CCC12O3. The number of carbonyl (C=O) groups excluding carboxylic acids is 3. The van der Waals surface area contributed by atoms with E-state index in [0.29, 0.717) is 19.4 Å². The second kappa shape index (κ2) is 7.99. The van der Waals surface area contributed by atoms with Crippen molar-refractivity contribution in [3.05, 3.63) is 0 Å². The predicted octanol–water partition coefficient (Wildman–Crippen LogP) is 0.613. The summed E-state index contributed by atoms with van der Waals surface area (Å²) >= 11 is 0. The number of unbranched alkanes of at least 4 members (excludes halogenated alkanes) is 2. The van der Waals surface area contributed by atoms with E-state index in [1.807, 2.05) is 6.92 Å². The van der Waals surface area contributed by atoms with E-state index in [1.54, 1.807) is 6.92 Å². The second-order valence-electron chi connectivity index (χ2n) is 8.23. The van der Waals surface area contributed by atoms with Crippen molar-refractivity contribution in [2.45, 2.75) is 70.1 Å². The van der Waals surface area contributed by atoms with Gasteiger partial charge in [0.15, 0.2) is 0 Å². The summed E-state index contributed by atoms with van der Waals surface area (Å²) in [6, 6.07) is -0.833. The molecule has 8 nitrogen and oxygen atoms in total. The fourth-order valence-electron chi connectivity index (χ4n) is 5.35. The van der Waals surface area contributed by atoms with E-state index in [4.69, 9.17) is 9.47 Å². The first-order valence-electron chi connectivity index (χ1n) is 10.4. The van der Waals surface area contributed by atoms with Gasteiger partial charge in [-0.3, -0.25) is 14.4 Å². The molecule has 0 aromatic heterocycles. The highest BCUT2D eigenvalue weighted by atomic mass is 16.6. The molecule has 8 heteroatoms. The highest BCUT2D eigenvalue weighted by molar-refractivity contribution is 5.98. The van der Waals surface area contributed by atoms with Gasteiger partial charge in [-0.25, -0.2) is 0 Å². The standard InChI is InChI=1S/C20H32N2O6/c1-4-6-7-10-21-16(24)15-20-9-8-19(3,28-20)14(18(26)27-5-2)13(20)17(25)22(15)11-12-23/h13-15,23H,4-12H2,1-3H3,(H,21,24)/t13-,14+,15?,19-,20?/m0/s1. The summed E-state index contributed by atoms with van der Waals surface area (Å²) in [5, 5.41) is 12.4. The van der Waals surface area contributed by atoms with Gasteiger partial charge in [-0.05, 0) is 33.1 Å². The Kier molecular flexibility index (Phi) is 6.00. The van der Waals surface area contributed by atoms with Crippen LogP contribution < -0.4 is 5.32 Å². The van der Waals surface area contributed by atoms with E-state index >= 15 is 0 Å². The molecule has 3 aliphatic heterocycles. The lowest BCUT2D eigenvalue weighted by Crippen LogP contribution is -2.55. The summed E-state index contributed by atoms with van der Waals surface area (Å²) in [5.74, 6) is -2.49. The Balaban J connectivity index is 1.91. The van der Waals surface area contributed by atoms with E-state index in [-0.39, 0.29) is 31.6 Å². The van der Waals surface area contributed by atoms with Crippen molar-refractivity contribution in [2.24, 2.45) is 11.8 Å². The van der Waals surface area contributed by atoms with Crippen LogP contribution in [0.4, 0.5) is 0 Å². The number of carbonyl (C=O) groups is 3. The number of esters is 1. The number of nitrogens with one attached hydrogen (secondary N) is 1. The summed E-state index contributed by atoms with van der Waals surface area (Å²) < 4.78 is 11.6. The van der Waals surface area contributed by atoms with Gasteiger partial charge in [0, 0.05) is 13.1 Å². The zero-order valence-electron chi connectivity index (χ0n) is 17.0. The van der Waals surface area contributed by atoms with Crippen LogP contribution in [-0.2, 0) is 23.9 Å². The minimum absolute atomic E-state index is 0.0414. The van der Waals surface area contributed by atoms with E-state index in [9.17, 15) is 19.5 Å². The average Bonchev–Trinajstić information content (AvgIpc) is 3.21. The smallest absolute Gasteiger partial charge is 0.312 e. The number of nitrogens with zero attached hydrogens (tertiary/aromatic N) is 1. The van der Waals surface area contributed by atoms with Crippen LogP contribution in [0.15, 0.2) is 0 Å². The number of ether oxygens (including phenoxy) is 2. The van der Waals surface area contributed by atoms with Gasteiger partial charge in [-0.15, -0.1) is 0 Å². The number of aliphatic hydroxyl groups excluding tert-OH is 1. The highest BCUT2D eigenvalue weighted by Gasteiger charge is 2.78. The van der Waals surface area contributed by atoms with Gasteiger partial charge in [0.25, 0.3) is 0 Å². The van der Waals surface area contributed by atoms with E-state index < -0.39 is 35.0 Å². The van der Waals surface area contributed by atoms with Crippen molar-refractivity contribution in [3.63, 3.8) is 0 Å². The van der Waals surface area contributed by atoms with E-state index in [2.05, 4.69) is 12.2 Å². The number of aliphatic hydroxyl groups is 1. The molecule has 1 spiro atoms. The molecule has 2 bridgehead atoms. The molecule has 3 saturated heterocycles. The number of amides is 2. The lowest BCUT2D eigenvalue weighted by atomic mass is 9.66. The van der Waals surface area contributed by atoms with Crippen molar-refractivity contribution in [2.75, 3.05) is 26.3 Å². The molecule has 0 aromatic carbocycles. The molecule has 158 valence electrons. The van der Waals surface area contributed by atoms with Crippen LogP contribution in [0.5, 0.6) is 0 Å². The maximum Gasteiger partial charge on any atom is 0.312 e. The van der Waals surface area contributed by atoms with Crippen molar-refractivity contribution in [1.29, 1.82) is 0 Å². The average molecular weight is 396 g/mol. The van der Waals surface area contributed by atoms with Crippen LogP contribution in [0.2, 0.25) is 0 Å². The van der Waals surface area contributed by atoms with Gasteiger partial charge in [-0.1, -0.05) is 19.8 Å². The van der Waals surface area contributed by atoms with E-state index in [1.165, 1.54) is 4.90 Å². The molecule has 2 unspecified atom stereocenters. The van der Waals surface area contributed by atoms with Crippen LogP contribution in [0, 0.1) is 11.8 Å². The third kappa shape index (κ3) is 3.10. The summed E-state index contributed by atoms with van der Waals surface area (Å²) in [5.41, 5.74) is -1.84. The van der Waals surface area contributed by atoms with Crippen molar-refractivity contribution in [3.8, 4) is 0 Å². The Morgan fingerprint density at radius 3 is 2.71 bits per heavy atom. The molecular formula is C20H32N2O6. The summed E-state index contributed by atoms with van der Waals surface area (Å²) in [7, 11) is 0. The molecule has 0 aromatic rings. The summed E-state index contributed by atoms with van der Waals surface area (Å²) in [6.45, 7) is 6.19. The van der Waals surface area contributed by atoms with Crippen molar-refractivity contribution < 1.29 is 29.0 Å². The molecule has 5 atom stereocenters. The Bertz CT molecular complexity index is 640. The minimum Gasteiger partial charge on any atom is -0.466 e. The van der Waals surface area contributed by atoms with Gasteiger partial charge in [0.2, 0.25) is 11.8 Å². The second-order valence-corrected chi connectivity index (χ2v) is 8.23. The number of likely N-dealkylation sites (tertiary alicyclic amines) is 1. The first-order valence-corrected chi connectivity index (χ1v) is 10.4. The van der Waals surface area contributed by atoms with Gasteiger partial charge in [0.05, 0.1) is 24.7 Å². The van der Waals surface area contributed by atoms with Gasteiger partial charge < -0.3 is 24.8 Å². The number of hydrogen-bond donors (Lipinski definition) is 2. The first-order chi connectivity index (χ1) is 13.4. The molecule has 3 heterocycles. The van der Waals surface area contributed by atoms with Crippen molar-refractivity contribution in [1.82, 2.24) is 10.2 Å². The van der Waals surface area contributed by atoms with Crippen LogP contribution in [0.1, 0.15) is 52.9 Å². The van der Waals surface area contributed by atoms with Crippen LogP contribution in [0.3, 0.4) is 0 Å². The van der Waals surface area contributed by atoms with Gasteiger partial charge in [-0.2, -0.15) is 0 Å². The molecule has 2 N–H and O–H groups in total. The lowest BCUT2D eigenvalue weighted by molar-refractivity contribution is -0.159. The number of hydrogen-bond acceptors (Lipinski definition) is 6. The molecular weight excluding hydrogens is 364 g/mol. The topological polar surface area (TPSA) is 105 Å². The van der Waals surface area contributed by atoms with Gasteiger partial charge in [0.1, 0.15) is 17.6 Å². The Morgan fingerprint density at radius 2 is 2.07 bits per heavy atom. The zero-order chi connectivity index (χ0) is 20.5. The maximum absolute atomic E-state index is 13.3. The quantitative estimate of drug-likeness (QED) is 0.437. The molecule has 3 rings (SSSR count). The molecule has 0 radical (unpaired) electrons. The Morgan fingerprint density at radius 1 is 1.32 bits per heavy atom. The maximum atomic E-state index is 13.3. The number of rotatable bonds is 9. The van der Waals surface area contributed by atoms with Crippen LogP contribution in [-0.4, -0.2) is 71.3 Å². The third-order valence-corrected chi connectivity index (χ3v) is 6.49. The lowest BCUT2D eigenvalue weighted by Gasteiger charge is -2.33. The normalized spacial score (nSPS) is 35.9. The largest absolute Gasteiger partial charge is 0.466 e. The molecule has 3 aliphatic rings. The Labute approximate surface area is 165 Å². The Hall–Kier alpha value is -1.67. The molecule has 2 amide bonds. The third-order valence-electron chi connectivity index (χ3n) is 6.49. The van der Waals surface area contributed by atoms with Crippen LogP contribution in [0.25, 0.3) is 0 Å². The van der Waals surface area contributed by atoms with Crippen molar-refractivity contribution >= 4 is 17.8 Å². The molecule has 28 heavy (non-hydrogen) atoms. The molecule has 0 aliphatic carbocycles. The van der Waals surface area contributed by atoms with Gasteiger partial charge >= 0.3 is 5.97 Å². The summed E-state index contributed by atoms with van der Waals surface area (Å²) in [4.78, 5) is 40.4. The summed E-state index contributed by atoms with van der Waals surface area (Å²) in [6.07, 6.45) is 4.04. The van der Waals surface area contributed by atoms with E-state index in [0.717, 1.165) is 19.3 Å². The monoisotopic (exact) mass is 396 g/mol. The van der Waals surface area contributed by atoms with Crippen LogP contribution >= 0.6 is 0 Å². The fourth-order valence-corrected chi connectivity index (χ4v) is 5.35. The fraction of sp³-hybridized carbons (Fsp3) is 0.850. The number of β-amino-alcohol motifs (C(OH)–C–C–N with tert-alkyl or cyclic N) is 1. The molecule has 3 fully saturated rings. The highest BCUT2D eigenvalue weighted by Crippen LogP contribution is 2.63. The first kappa shape index (κ1) is 21.0. The number of fused-ring (bicyclic) bond motifs is 1.